The van der Waals surface area contributed by atoms with Crippen LogP contribution < -0.4 is 4.74 Å². The number of aromatic nitrogens is 1. The molecule has 168 valence electrons. The fourth-order valence-corrected chi connectivity index (χ4v) is 4.45. The maximum atomic E-state index is 13.9. The second kappa shape index (κ2) is 9.80. The Morgan fingerprint density at radius 2 is 1.44 bits per heavy atom. The fraction of sp³-hybridized carbons (Fsp3) is 0.129. The number of ether oxygens (including phenoxy) is 1. The maximum Gasteiger partial charge on any atom is 0.210 e. The summed E-state index contributed by atoms with van der Waals surface area (Å²) in [5, 5.41) is 0. The van der Waals surface area contributed by atoms with Gasteiger partial charge < -0.3 is 9.14 Å². The molecule has 0 bridgehead atoms. The molecule has 0 N–H and O–H groups in total. The van der Waals surface area contributed by atoms with Crippen molar-refractivity contribution in [1.82, 2.24) is 4.40 Å². The largest absolute Gasteiger partial charge is 0.487 e. The summed E-state index contributed by atoms with van der Waals surface area (Å²) in [5.74, 6) is 0.821. The van der Waals surface area contributed by atoms with Gasteiger partial charge >= 0.3 is 0 Å². The van der Waals surface area contributed by atoms with Crippen LogP contribution in [0.2, 0.25) is 0 Å². The first kappa shape index (κ1) is 21.7. The van der Waals surface area contributed by atoms with E-state index < -0.39 is 0 Å². The van der Waals surface area contributed by atoms with Gasteiger partial charge in [-0.05, 0) is 53.3 Å². The first-order valence-corrected chi connectivity index (χ1v) is 11.7. The summed E-state index contributed by atoms with van der Waals surface area (Å²) in [5.41, 5.74) is 6.73. The van der Waals surface area contributed by atoms with Crippen molar-refractivity contribution in [2.75, 3.05) is 0 Å². The van der Waals surface area contributed by atoms with E-state index in [1.165, 1.54) is 5.56 Å². The SMILES string of the molecule is CCc1cc2c(OCc3ccccc3)cccn2c1C(=O)c1ccccc1Cc1ccccc1. The van der Waals surface area contributed by atoms with Crippen molar-refractivity contribution in [3.05, 3.63) is 143 Å². The molecule has 0 saturated heterocycles. The molecule has 0 aliphatic carbocycles. The van der Waals surface area contributed by atoms with Gasteiger partial charge in [-0.2, -0.15) is 0 Å². The topological polar surface area (TPSA) is 30.7 Å². The van der Waals surface area contributed by atoms with Crippen molar-refractivity contribution >= 4 is 11.3 Å². The zero-order valence-corrected chi connectivity index (χ0v) is 19.3. The Kier molecular flexibility index (Phi) is 6.26. The van der Waals surface area contributed by atoms with Gasteiger partial charge in [-0.3, -0.25) is 4.79 Å². The monoisotopic (exact) mass is 445 g/mol. The lowest BCUT2D eigenvalue weighted by Gasteiger charge is -2.12. The van der Waals surface area contributed by atoms with Gasteiger partial charge in [0.05, 0.1) is 11.2 Å². The van der Waals surface area contributed by atoms with Gasteiger partial charge in [-0.25, -0.2) is 0 Å². The van der Waals surface area contributed by atoms with Gasteiger partial charge in [0.1, 0.15) is 12.4 Å². The van der Waals surface area contributed by atoms with E-state index in [1.54, 1.807) is 0 Å². The summed E-state index contributed by atoms with van der Waals surface area (Å²) < 4.78 is 8.16. The predicted octanol–water partition coefficient (Wildman–Crippen LogP) is 6.90. The standard InChI is InChI=1S/C31H27NO2/c1-2-25-21-28-29(34-22-24-14-7-4-8-15-24)18-11-19-32(28)30(25)31(33)27-17-10-9-16-26(27)20-23-12-5-3-6-13-23/h3-19,21H,2,20,22H2,1H3. The summed E-state index contributed by atoms with van der Waals surface area (Å²) in [6.45, 7) is 2.57. The molecule has 3 aromatic carbocycles. The average molecular weight is 446 g/mol. The molecule has 5 rings (SSSR count). The average Bonchev–Trinajstić information content (AvgIpc) is 3.28. The first-order chi connectivity index (χ1) is 16.7. The molecule has 2 aromatic heterocycles. The molecule has 0 saturated carbocycles. The second-order valence-electron chi connectivity index (χ2n) is 8.42. The third-order valence-electron chi connectivity index (χ3n) is 6.18. The summed E-state index contributed by atoms with van der Waals surface area (Å²) in [4.78, 5) is 13.9. The van der Waals surface area contributed by atoms with E-state index in [0.717, 1.165) is 46.4 Å². The van der Waals surface area contributed by atoms with E-state index in [1.807, 2.05) is 89.5 Å². The Morgan fingerprint density at radius 1 is 0.765 bits per heavy atom. The lowest BCUT2D eigenvalue weighted by atomic mass is 9.95. The summed E-state index contributed by atoms with van der Waals surface area (Å²) in [6, 6.07) is 34.3. The number of hydrogen-bond donors (Lipinski definition) is 0. The van der Waals surface area contributed by atoms with E-state index >= 15 is 0 Å². The van der Waals surface area contributed by atoms with E-state index in [-0.39, 0.29) is 5.78 Å². The van der Waals surface area contributed by atoms with E-state index in [2.05, 4.69) is 31.2 Å². The van der Waals surface area contributed by atoms with Crippen LogP contribution in [0.5, 0.6) is 5.75 Å². The molecular weight excluding hydrogens is 418 g/mol. The van der Waals surface area contributed by atoms with E-state index in [0.29, 0.717) is 12.3 Å². The van der Waals surface area contributed by atoms with Gasteiger partial charge in [0, 0.05) is 11.8 Å². The number of rotatable bonds is 8. The number of carbonyl (C=O) groups is 1. The number of carbonyl (C=O) groups excluding carboxylic acids is 1. The van der Waals surface area contributed by atoms with Crippen molar-refractivity contribution in [3.63, 3.8) is 0 Å². The quantitative estimate of drug-likeness (QED) is 0.243. The predicted molar refractivity (Wildman–Crippen MR) is 137 cm³/mol. The van der Waals surface area contributed by atoms with Crippen LogP contribution in [0.4, 0.5) is 0 Å². The number of benzene rings is 3. The van der Waals surface area contributed by atoms with Crippen molar-refractivity contribution < 1.29 is 9.53 Å². The molecule has 0 aliphatic heterocycles. The Hall–Kier alpha value is -4.11. The molecule has 0 radical (unpaired) electrons. The van der Waals surface area contributed by atoms with Crippen LogP contribution in [-0.2, 0) is 19.4 Å². The highest BCUT2D eigenvalue weighted by Gasteiger charge is 2.22. The van der Waals surface area contributed by atoms with Crippen LogP contribution in [0.15, 0.2) is 109 Å². The van der Waals surface area contributed by atoms with Gasteiger partial charge in [-0.1, -0.05) is 91.9 Å². The number of pyridine rings is 1. The molecule has 0 fully saturated rings. The summed E-state index contributed by atoms with van der Waals surface area (Å²) in [7, 11) is 0. The second-order valence-corrected chi connectivity index (χ2v) is 8.42. The summed E-state index contributed by atoms with van der Waals surface area (Å²) >= 11 is 0. The van der Waals surface area contributed by atoms with Crippen LogP contribution in [0.25, 0.3) is 5.52 Å². The van der Waals surface area contributed by atoms with Crippen molar-refractivity contribution in [2.45, 2.75) is 26.4 Å². The van der Waals surface area contributed by atoms with Crippen LogP contribution in [-0.4, -0.2) is 10.2 Å². The minimum absolute atomic E-state index is 0.0450. The van der Waals surface area contributed by atoms with Crippen LogP contribution in [0, 0.1) is 0 Å². The highest BCUT2D eigenvalue weighted by atomic mass is 16.5. The Balaban J connectivity index is 1.52. The minimum Gasteiger partial charge on any atom is -0.487 e. The zero-order valence-electron chi connectivity index (χ0n) is 19.3. The van der Waals surface area contributed by atoms with Crippen LogP contribution in [0.1, 0.15) is 45.2 Å². The molecule has 0 unspecified atom stereocenters. The van der Waals surface area contributed by atoms with Crippen LogP contribution in [0.3, 0.4) is 0 Å². The Morgan fingerprint density at radius 3 is 2.18 bits per heavy atom. The van der Waals surface area contributed by atoms with Crippen LogP contribution >= 0.6 is 0 Å². The third-order valence-corrected chi connectivity index (χ3v) is 6.18. The third kappa shape index (κ3) is 4.38. The normalized spacial score (nSPS) is 11.0. The molecule has 0 aliphatic rings. The lowest BCUT2D eigenvalue weighted by molar-refractivity contribution is 0.103. The zero-order chi connectivity index (χ0) is 23.3. The molecule has 0 spiro atoms. The molecule has 3 nitrogen and oxygen atoms in total. The lowest BCUT2D eigenvalue weighted by Crippen LogP contribution is -2.11. The van der Waals surface area contributed by atoms with Gasteiger partial charge in [-0.15, -0.1) is 0 Å². The first-order valence-electron chi connectivity index (χ1n) is 11.7. The number of aryl methyl sites for hydroxylation is 1. The maximum absolute atomic E-state index is 13.9. The highest BCUT2D eigenvalue weighted by molar-refractivity contribution is 6.10. The fourth-order valence-electron chi connectivity index (χ4n) is 4.45. The highest BCUT2D eigenvalue weighted by Crippen LogP contribution is 2.29. The minimum atomic E-state index is 0.0450. The Labute approximate surface area is 200 Å². The molecule has 0 atom stereocenters. The molecule has 2 heterocycles. The number of fused-ring (bicyclic) bond motifs is 1. The van der Waals surface area contributed by atoms with Gasteiger partial charge in [0.15, 0.2) is 0 Å². The molecule has 34 heavy (non-hydrogen) atoms. The van der Waals surface area contributed by atoms with Gasteiger partial charge in [0.25, 0.3) is 0 Å². The number of nitrogens with zero attached hydrogens (tertiary/aromatic N) is 1. The van der Waals surface area contributed by atoms with Gasteiger partial charge in [0.2, 0.25) is 5.78 Å². The number of ketones is 1. The van der Waals surface area contributed by atoms with E-state index in [4.69, 9.17) is 4.74 Å². The molecule has 3 heteroatoms. The van der Waals surface area contributed by atoms with E-state index in [9.17, 15) is 4.79 Å². The molecule has 5 aromatic rings. The number of hydrogen-bond acceptors (Lipinski definition) is 2. The smallest absolute Gasteiger partial charge is 0.210 e. The Bertz CT molecular complexity index is 1420. The van der Waals surface area contributed by atoms with Crippen molar-refractivity contribution in [2.24, 2.45) is 0 Å². The molecule has 0 amide bonds. The molecular formula is C31H27NO2. The van der Waals surface area contributed by atoms with Crippen molar-refractivity contribution in [1.29, 1.82) is 0 Å². The summed E-state index contributed by atoms with van der Waals surface area (Å²) in [6.07, 6.45) is 3.44. The van der Waals surface area contributed by atoms with Crippen molar-refractivity contribution in [3.8, 4) is 5.75 Å².